The Labute approximate surface area is 108 Å². The molecular formula is C14H22ClNO. The molecule has 3 rings (SSSR count). The van der Waals surface area contributed by atoms with Crippen LogP contribution in [0.5, 0.6) is 0 Å². The lowest BCUT2D eigenvalue weighted by Crippen LogP contribution is -2.37. The average Bonchev–Trinajstić information content (AvgIpc) is 2.78. The van der Waals surface area contributed by atoms with E-state index in [1.807, 2.05) is 0 Å². The molecule has 3 heteroatoms. The highest BCUT2D eigenvalue weighted by Gasteiger charge is 2.67. The number of amides is 1. The number of alkyl halides is 1. The van der Waals surface area contributed by atoms with Crippen molar-refractivity contribution < 1.29 is 4.79 Å². The predicted molar refractivity (Wildman–Crippen MR) is 68.9 cm³/mol. The summed E-state index contributed by atoms with van der Waals surface area (Å²) in [6.07, 6.45) is 6.08. The number of hydrogen-bond donors (Lipinski definition) is 1. The molecule has 3 aliphatic carbocycles. The molecule has 3 aliphatic rings. The first-order valence-corrected chi connectivity index (χ1v) is 7.66. The van der Waals surface area contributed by atoms with E-state index < -0.39 is 0 Å². The summed E-state index contributed by atoms with van der Waals surface area (Å²) in [5, 5.41) is 3.20. The van der Waals surface area contributed by atoms with Crippen LogP contribution in [0.1, 0.15) is 39.0 Å². The van der Waals surface area contributed by atoms with Crippen LogP contribution in [-0.2, 0) is 4.79 Å². The second kappa shape index (κ2) is 4.46. The summed E-state index contributed by atoms with van der Waals surface area (Å²) in [6.45, 7) is 2.12. The molecule has 0 aliphatic heterocycles. The zero-order valence-electron chi connectivity index (χ0n) is 10.5. The molecule has 1 amide bonds. The van der Waals surface area contributed by atoms with Crippen LogP contribution in [0.4, 0.5) is 0 Å². The Balaban J connectivity index is 1.55. The maximum Gasteiger partial charge on any atom is 0.223 e. The third-order valence-corrected chi connectivity index (χ3v) is 5.55. The molecule has 96 valence electrons. The molecule has 0 heterocycles. The van der Waals surface area contributed by atoms with Gasteiger partial charge in [0.2, 0.25) is 5.91 Å². The molecule has 0 aromatic rings. The van der Waals surface area contributed by atoms with E-state index in [-0.39, 0.29) is 0 Å². The minimum atomic E-state index is 0.291. The standard InChI is InChI=1S/C14H22ClNO/c1-2-10(5-6-15)16-14(17)13-11-8-3-4-9(7-8)12(11)13/h8-13H,2-7H2,1H3,(H,16,17). The molecule has 2 bridgehead atoms. The van der Waals surface area contributed by atoms with Gasteiger partial charge in [0.15, 0.2) is 0 Å². The molecule has 3 fully saturated rings. The summed E-state index contributed by atoms with van der Waals surface area (Å²) >= 11 is 5.75. The summed E-state index contributed by atoms with van der Waals surface area (Å²) in [6, 6.07) is 0.291. The Hall–Kier alpha value is -0.240. The lowest BCUT2D eigenvalue weighted by Gasteiger charge is -2.17. The van der Waals surface area contributed by atoms with Gasteiger partial charge in [0.25, 0.3) is 0 Å². The van der Waals surface area contributed by atoms with Gasteiger partial charge in [0.1, 0.15) is 0 Å². The van der Waals surface area contributed by atoms with Crippen LogP contribution < -0.4 is 5.32 Å². The van der Waals surface area contributed by atoms with Crippen LogP contribution in [0.3, 0.4) is 0 Å². The van der Waals surface area contributed by atoms with Gasteiger partial charge >= 0.3 is 0 Å². The van der Waals surface area contributed by atoms with E-state index in [0.717, 1.165) is 36.5 Å². The van der Waals surface area contributed by atoms with Gasteiger partial charge in [0, 0.05) is 17.8 Å². The van der Waals surface area contributed by atoms with Crippen LogP contribution in [0.15, 0.2) is 0 Å². The highest BCUT2D eigenvalue weighted by atomic mass is 35.5. The quantitative estimate of drug-likeness (QED) is 0.752. The van der Waals surface area contributed by atoms with E-state index in [4.69, 9.17) is 11.6 Å². The van der Waals surface area contributed by atoms with Gasteiger partial charge in [-0.2, -0.15) is 0 Å². The smallest absolute Gasteiger partial charge is 0.223 e. The fourth-order valence-corrected chi connectivity index (χ4v) is 4.75. The Bertz CT molecular complexity index is 303. The molecule has 5 atom stereocenters. The second-order valence-corrected chi connectivity index (χ2v) is 6.48. The van der Waals surface area contributed by atoms with Crippen molar-refractivity contribution in [2.24, 2.45) is 29.6 Å². The molecule has 1 N–H and O–H groups in total. The first-order chi connectivity index (χ1) is 8.26. The Kier molecular flexibility index (Phi) is 3.10. The molecule has 17 heavy (non-hydrogen) atoms. The van der Waals surface area contributed by atoms with E-state index in [1.165, 1.54) is 19.3 Å². The van der Waals surface area contributed by atoms with Crippen molar-refractivity contribution in [3.8, 4) is 0 Å². The van der Waals surface area contributed by atoms with Gasteiger partial charge in [-0.15, -0.1) is 11.6 Å². The van der Waals surface area contributed by atoms with Crippen LogP contribution in [0.25, 0.3) is 0 Å². The molecule has 0 saturated heterocycles. The number of fused-ring (bicyclic) bond motifs is 5. The Morgan fingerprint density at radius 1 is 1.35 bits per heavy atom. The fourth-order valence-electron chi connectivity index (χ4n) is 4.48. The fraction of sp³-hybridized carbons (Fsp3) is 0.929. The molecule has 0 spiro atoms. The van der Waals surface area contributed by atoms with E-state index in [2.05, 4.69) is 12.2 Å². The van der Waals surface area contributed by atoms with Crippen LogP contribution >= 0.6 is 11.6 Å². The first kappa shape index (κ1) is 11.8. The van der Waals surface area contributed by atoms with Gasteiger partial charge in [0.05, 0.1) is 0 Å². The van der Waals surface area contributed by atoms with Crippen molar-refractivity contribution in [2.45, 2.75) is 45.1 Å². The monoisotopic (exact) mass is 255 g/mol. The SMILES string of the molecule is CCC(CCCl)NC(=O)C1C2C3CCC(C3)C12. The van der Waals surface area contributed by atoms with Crippen LogP contribution in [-0.4, -0.2) is 17.8 Å². The summed E-state index contributed by atoms with van der Waals surface area (Å²) in [5.41, 5.74) is 0. The third kappa shape index (κ3) is 1.89. The molecule has 3 saturated carbocycles. The average molecular weight is 256 g/mol. The normalized spacial score (nSPS) is 43.3. The molecule has 2 nitrogen and oxygen atoms in total. The minimum Gasteiger partial charge on any atom is -0.353 e. The highest BCUT2D eigenvalue weighted by Crippen LogP contribution is 2.69. The summed E-state index contributed by atoms with van der Waals surface area (Å²) in [5.74, 6) is 4.60. The number of nitrogens with one attached hydrogen (secondary N) is 1. The van der Waals surface area contributed by atoms with Crippen molar-refractivity contribution >= 4 is 17.5 Å². The van der Waals surface area contributed by atoms with Crippen molar-refractivity contribution in [3.05, 3.63) is 0 Å². The summed E-state index contributed by atoms with van der Waals surface area (Å²) in [7, 11) is 0. The van der Waals surface area contributed by atoms with E-state index in [9.17, 15) is 4.79 Å². The lowest BCUT2D eigenvalue weighted by atomic mass is 10.0. The van der Waals surface area contributed by atoms with Crippen molar-refractivity contribution in [1.29, 1.82) is 0 Å². The minimum absolute atomic E-state index is 0.291. The Morgan fingerprint density at radius 2 is 2.00 bits per heavy atom. The third-order valence-electron chi connectivity index (χ3n) is 5.33. The predicted octanol–water partition coefficient (Wildman–Crippen LogP) is 2.80. The zero-order valence-corrected chi connectivity index (χ0v) is 11.2. The van der Waals surface area contributed by atoms with E-state index >= 15 is 0 Å². The maximum absolute atomic E-state index is 12.2. The maximum atomic E-state index is 12.2. The number of hydrogen-bond acceptors (Lipinski definition) is 1. The number of carbonyl (C=O) groups is 1. The summed E-state index contributed by atoms with van der Waals surface area (Å²) in [4.78, 5) is 12.2. The van der Waals surface area contributed by atoms with Crippen LogP contribution in [0.2, 0.25) is 0 Å². The molecule has 5 unspecified atom stereocenters. The lowest BCUT2D eigenvalue weighted by molar-refractivity contribution is -0.124. The van der Waals surface area contributed by atoms with Gasteiger partial charge in [-0.3, -0.25) is 4.79 Å². The van der Waals surface area contributed by atoms with Gasteiger partial charge < -0.3 is 5.32 Å². The van der Waals surface area contributed by atoms with Crippen molar-refractivity contribution in [1.82, 2.24) is 5.32 Å². The number of carbonyl (C=O) groups excluding carboxylic acids is 1. The van der Waals surface area contributed by atoms with Crippen molar-refractivity contribution in [3.63, 3.8) is 0 Å². The zero-order chi connectivity index (χ0) is 12.0. The Morgan fingerprint density at radius 3 is 2.53 bits per heavy atom. The summed E-state index contributed by atoms with van der Waals surface area (Å²) < 4.78 is 0. The van der Waals surface area contributed by atoms with E-state index in [0.29, 0.717) is 23.7 Å². The highest BCUT2D eigenvalue weighted by molar-refractivity contribution is 6.17. The number of rotatable bonds is 5. The second-order valence-electron chi connectivity index (χ2n) is 6.11. The van der Waals surface area contributed by atoms with Gasteiger partial charge in [-0.25, -0.2) is 0 Å². The van der Waals surface area contributed by atoms with Gasteiger partial charge in [-0.05, 0) is 55.8 Å². The molecular weight excluding hydrogens is 234 g/mol. The number of halogens is 1. The van der Waals surface area contributed by atoms with Gasteiger partial charge in [-0.1, -0.05) is 6.92 Å². The molecule has 0 radical (unpaired) electrons. The van der Waals surface area contributed by atoms with E-state index in [1.54, 1.807) is 0 Å². The molecule has 0 aromatic carbocycles. The topological polar surface area (TPSA) is 29.1 Å². The van der Waals surface area contributed by atoms with Crippen molar-refractivity contribution in [2.75, 3.05) is 5.88 Å². The molecule has 0 aromatic heterocycles. The largest absolute Gasteiger partial charge is 0.353 e. The van der Waals surface area contributed by atoms with Crippen LogP contribution in [0, 0.1) is 29.6 Å². The first-order valence-electron chi connectivity index (χ1n) is 7.12.